The second-order valence-corrected chi connectivity index (χ2v) is 7.08. The van der Waals surface area contributed by atoms with Crippen LogP contribution < -0.4 is 5.32 Å². The van der Waals surface area contributed by atoms with Crippen LogP contribution in [0.3, 0.4) is 0 Å². The van der Waals surface area contributed by atoms with E-state index in [0.717, 1.165) is 16.5 Å². The molecule has 0 aliphatic rings. The highest BCUT2D eigenvalue weighted by molar-refractivity contribution is 5.91. The van der Waals surface area contributed by atoms with Gasteiger partial charge in [0.05, 0.1) is 6.42 Å². The molecule has 0 unspecified atom stereocenters. The molecular weight excluding hydrogens is 400 g/mol. The number of rotatable bonds is 7. The lowest BCUT2D eigenvalue weighted by Crippen LogP contribution is -2.05. The van der Waals surface area contributed by atoms with E-state index in [2.05, 4.69) is 32.3 Å². The van der Waals surface area contributed by atoms with E-state index in [1.807, 2.05) is 72.8 Å². The van der Waals surface area contributed by atoms with Crippen LogP contribution in [0.2, 0.25) is 0 Å². The first-order valence-corrected chi connectivity index (χ1v) is 10.4. The topological polar surface area (TPSA) is 77.0 Å². The number of hydrogen-bond donors (Lipinski definition) is 1. The summed E-state index contributed by atoms with van der Waals surface area (Å²) in [5.74, 6) is 6.36. The number of fused-ring (bicyclic) bond motifs is 1. The number of aromatic nitrogens is 3. The standard InChI is InChI=1S/C26H22N4O2/c31-24(32-19-21-12-5-2-6-13-21)16-8-7-15-23-25-22(14-9-17-27-25)26(30-29-23)28-18-20-10-3-1-4-11-20/h1-6,9-14,17H,8,16,18-19H2,(H,28,30). The molecule has 2 aromatic heterocycles. The number of carbonyl (C=O) groups is 1. The lowest BCUT2D eigenvalue weighted by atomic mass is 10.2. The summed E-state index contributed by atoms with van der Waals surface area (Å²) >= 11 is 0. The Morgan fingerprint density at radius 2 is 1.66 bits per heavy atom. The molecule has 2 aromatic carbocycles. The number of nitrogens with zero attached hydrogens (tertiary/aromatic N) is 3. The van der Waals surface area contributed by atoms with Gasteiger partial charge in [-0.3, -0.25) is 9.78 Å². The van der Waals surface area contributed by atoms with Crippen LogP contribution in [-0.4, -0.2) is 21.2 Å². The van der Waals surface area contributed by atoms with E-state index < -0.39 is 0 Å². The number of pyridine rings is 1. The Balaban J connectivity index is 1.37. The first-order valence-electron chi connectivity index (χ1n) is 10.4. The Bertz CT molecular complexity index is 1250. The Labute approximate surface area is 186 Å². The van der Waals surface area contributed by atoms with Gasteiger partial charge in [0.1, 0.15) is 12.1 Å². The summed E-state index contributed by atoms with van der Waals surface area (Å²) in [6, 6.07) is 23.5. The summed E-state index contributed by atoms with van der Waals surface area (Å²) in [5, 5.41) is 12.7. The van der Waals surface area contributed by atoms with Crippen molar-refractivity contribution in [3.05, 3.63) is 95.8 Å². The highest BCUT2D eigenvalue weighted by atomic mass is 16.5. The van der Waals surface area contributed by atoms with E-state index in [-0.39, 0.29) is 19.0 Å². The van der Waals surface area contributed by atoms with Crippen molar-refractivity contribution in [2.45, 2.75) is 26.0 Å². The van der Waals surface area contributed by atoms with Crippen molar-refractivity contribution >= 4 is 22.7 Å². The first kappa shape index (κ1) is 21.0. The Morgan fingerprint density at radius 1 is 0.906 bits per heavy atom. The largest absolute Gasteiger partial charge is 0.461 e. The normalized spacial score (nSPS) is 10.2. The number of benzene rings is 2. The van der Waals surface area contributed by atoms with Gasteiger partial charge in [0.2, 0.25) is 0 Å². The Hall–Kier alpha value is -4.24. The Morgan fingerprint density at radius 3 is 2.44 bits per heavy atom. The summed E-state index contributed by atoms with van der Waals surface area (Å²) < 4.78 is 5.27. The summed E-state index contributed by atoms with van der Waals surface area (Å²) in [5.41, 5.74) is 3.27. The fourth-order valence-electron chi connectivity index (χ4n) is 3.10. The van der Waals surface area contributed by atoms with E-state index in [0.29, 0.717) is 30.0 Å². The van der Waals surface area contributed by atoms with Crippen molar-refractivity contribution in [1.82, 2.24) is 15.2 Å². The fraction of sp³-hybridized carbons (Fsp3) is 0.154. The van der Waals surface area contributed by atoms with Crippen LogP contribution in [0.5, 0.6) is 0 Å². The quantitative estimate of drug-likeness (QED) is 0.349. The van der Waals surface area contributed by atoms with Crippen molar-refractivity contribution in [1.29, 1.82) is 0 Å². The highest BCUT2D eigenvalue weighted by Gasteiger charge is 2.09. The molecule has 0 atom stereocenters. The maximum Gasteiger partial charge on any atom is 0.307 e. The number of carbonyl (C=O) groups excluding carboxylic acids is 1. The van der Waals surface area contributed by atoms with Crippen molar-refractivity contribution in [2.75, 3.05) is 5.32 Å². The van der Waals surface area contributed by atoms with Crippen LogP contribution in [-0.2, 0) is 22.7 Å². The van der Waals surface area contributed by atoms with E-state index in [4.69, 9.17) is 4.74 Å². The molecule has 32 heavy (non-hydrogen) atoms. The molecule has 2 heterocycles. The van der Waals surface area contributed by atoms with E-state index in [1.165, 1.54) is 0 Å². The molecule has 0 aliphatic heterocycles. The minimum absolute atomic E-state index is 0.218. The average molecular weight is 422 g/mol. The molecule has 0 bridgehead atoms. The summed E-state index contributed by atoms with van der Waals surface area (Å²) in [7, 11) is 0. The zero-order valence-electron chi connectivity index (χ0n) is 17.5. The smallest absolute Gasteiger partial charge is 0.307 e. The van der Waals surface area contributed by atoms with Crippen molar-refractivity contribution < 1.29 is 9.53 Å². The van der Waals surface area contributed by atoms with E-state index in [9.17, 15) is 4.79 Å². The van der Waals surface area contributed by atoms with Gasteiger partial charge in [-0.1, -0.05) is 66.6 Å². The molecule has 6 heteroatoms. The molecule has 0 fully saturated rings. The molecule has 0 saturated carbocycles. The first-order chi connectivity index (χ1) is 15.8. The van der Waals surface area contributed by atoms with Crippen molar-refractivity contribution in [3.63, 3.8) is 0 Å². The van der Waals surface area contributed by atoms with Gasteiger partial charge in [0, 0.05) is 24.5 Å². The highest BCUT2D eigenvalue weighted by Crippen LogP contribution is 2.21. The summed E-state index contributed by atoms with van der Waals surface area (Å²) in [6.45, 7) is 0.903. The second-order valence-electron chi connectivity index (χ2n) is 7.08. The molecular formula is C26H22N4O2. The van der Waals surface area contributed by atoms with Crippen LogP contribution >= 0.6 is 0 Å². The number of esters is 1. The van der Waals surface area contributed by atoms with Gasteiger partial charge < -0.3 is 10.1 Å². The van der Waals surface area contributed by atoms with Crippen LogP contribution in [0, 0.1) is 11.8 Å². The van der Waals surface area contributed by atoms with Crippen LogP contribution in [0.25, 0.3) is 10.9 Å². The molecule has 0 spiro atoms. The molecule has 0 amide bonds. The lowest BCUT2D eigenvalue weighted by Gasteiger charge is -2.08. The molecule has 6 nitrogen and oxygen atoms in total. The molecule has 0 radical (unpaired) electrons. The third-order valence-corrected chi connectivity index (χ3v) is 4.74. The Kier molecular flexibility index (Phi) is 7.02. The third kappa shape index (κ3) is 5.67. The molecule has 0 saturated heterocycles. The third-order valence-electron chi connectivity index (χ3n) is 4.74. The molecule has 4 aromatic rings. The van der Waals surface area contributed by atoms with Gasteiger partial charge in [-0.2, -0.15) is 0 Å². The van der Waals surface area contributed by atoms with Crippen LogP contribution in [0.15, 0.2) is 79.0 Å². The number of hydrogen-bond acceptors (Lipinski definition) is 6. The predicted molar refractivity (Wildman–Crippen MR) is 123 cm³/mol. The van der Waals surface area contributed by atoms with Crippen molar-refractivity contribution in [3.8, 4) is 11.8 Å². The molecule has 0 aliphatic carbocycles. The fourth-order valence-corrected chi connectivity index (χ4v) is 3.10. The van der Waals surface area contributed by atoms with Gasteiger partial charge >= 0.3 is 5.97 Å². The lowest BCUT2D eigenvalue weighted by molar-refractivity contribution is -0.144. The van der Waals surface area contributed by atoms with Gasteiger partial charge in [-0.25, -0.2) is 0 Å². The second kappa shape index (κ2) is 10.7. The van der Waals surface area contributed by atoms with Gasteiger partial charge in [-0.15, -0.1) is 10.2 Å². The van der Waals surface area contributed by atoms with Crippen molar-refractivity contribution in [2.24, 2.45) is 0 Å². The maximum absolute atomic E-state index is 11.9. The van der Waals surface area contributed by atoms with Gasteiger partial charge in [0.25, 0.3) is 0 Å². The summed E-state index contributed by atoms with van der Waals surface area (Å²) in [4.78, 5) is 16.4. The monoisotopic (exact) mass is 422 g/mol. The van der Waals surface area contributed by atoms with Gasteiger partial charge in [-0.05, 0) is 29.2 Å². The van der Waals surface area contributed by atoms with E-state index in [1.54, 1.807) is 6.20 Å². The number of anilines is 1. The summed E-state index contributed by atoms with van der Waals surface area (Å²) in [6.07, 6.45) is 2.30. The zero-order valence-corrected chi connectivity index (χ0v) is 17.5. The number of ether oxygens (including phenoxy) is 1. The van der Waals surface area contributed by atoms with Crippen LogP contribution in [0.4, 0.5) is 5.82 Å². The van der Waals surface area contributed by atoms with E-state index >= 15 is 0 Å². The molecule has 1 N–H and O–H groups in total. The molecule has 4 rings (SSSR count). The van der Waals surface area contributed by atoms with Gasteiger partial charge in [0.15, 0.2) is 11.5 Å². The molecule has 158 valence electrons. The number of nitrogens with one attached hydrogen (secondary N) is 1. The zero-order chi connectivity index (χ0) is 22.0. The van der Waals surface area contributed by atoms with Crippen LogP contribution in [0.1, 0.15) is 29.7 Å². The SMILES string of the molecule is O=C(CCC#Cc1nnc(NCc2ccccc2)c2cccnc12)OCc1ccccc1. The predicted octanol–water partition coefficient (Wildman–Crippen LogP) is 4.51. The minimum atomic E-state index is -0.280. The maximum atomic E-state index is 11.9. The minimum Gasteiger partial charge on any atom is -0.461 e. The average Bonchev–Trinajstić information content (AvgIpc) is 2.86.